The number of pyridine rings is 1. The summed E-state index contributed by atoms with van der Waals surface area (Å²) in [6.45, 7) is 0.584. The third kappa shape index (κ3) is 2.26. The second-order valence-corrected chi connectivity index (χ2v) is 5.01. The highest BCUT2D eigenvalue weighted by Gasteiger charge is 2.06. The Morgan fingerprint density at radius 3 is 2.95 bits per heavy atom. The van der Waals surface area contributed by atoms with Crippen molar-refractivity contribution in [2.45, 2.75) is 6.54 Å². The van der Waals surface area contributed by atoms with E-state index in [9.17, 15) is 0 Å². The molecule has 0 bridgehead atoms. The number of aromatic amines is 1. The van der Waals surface area contributed by atoms with Crippen molar-refractivity contribution >= 4 is 38.3 Å². The largest absolute Gasteiger partial charge is 0.384 e. The molecule has 3 aromatic rings. The molecule has 19 heavy (non-hydrogen) atoms. The van der Waals surface area contributed by atoms with Gasteiger partial charge in [0.05, 0.1) is 6.20 Å². The molecule has 2 heterocycles. The maximum Gasteiger partial charge on any atom is 0.134 e. The lowest BCUT2D eigenvalue weighted by Gasteiger charge is -2.09. The maximum atomic E-state index is 5.76. The summed E-state index contributed by atoms with van der Waals surface area (Å²) in [5, 5.41) is 12.1. The lowest BCUT2D eigenvalue weighted by atomic mass is 10.1. The Balaban J connectivity index is 1.93. The first kappa shape index (κ1) is 12.0. The van der Waals surface area contributed by atoms with Gasteiger partial charge >= 0.3 is 0 Å². The van der Waals surface area contributed by atoms with E-state index in [1.807, 2.05) is 24.3 Å². The monoisotopic (exact) mass is 317 g/mol. The molecule has 0 radical (unpaired) electrons. The Morgan fingerprint density at radius 1 is 1.26 bits per heavy atom. The van der Waals surface area contributed by atoms with Crippen LogP contribution in [0.2, 0.25) is 0 Å². The van der Waals surface area contributed by atoms with Gasteiger partial charge in [-0.2, -0.15) is 5.10 Å². The molecule has 4 N–H and O–H groups in total. The fourth-order valence-electron chi connectivity index (χ4n) is 1.95. The molecule has 2 aromatic heterocycles. The molecule has 1 aromatic carbocycles. The van der Waals surface area contributed by atoms with Crippen molar-refractivity contribution in [2.24, 2.45) is 0 Å². The summed E-state index contributed by atoms with van der Waals surface area (Å²) in [6, 6.07) is 8.02. The number of halogens is 1. The highest BCUT2D eigenvalue weighted by molar-refractivity contribution is 9.10. The molecule has 0 unspecified atom stereocenters. The Kier molecular flexibility index (Phi) is 3.08. The fourth-order valence-corrected chi connectivity index (χ4v) is 2.45. The highest BCUT2D eigenvalue weighted by atomic mass is 79.9. The van der Waals surface area contributed by atoms with Crippen LogP contribution in [0.4, 0.5) is 11.6 Å². The van der Waals surface area contributed by atoms with E-state index in [1.54, 1.807) is 12.4 Å². The second kappa shape index (κ2) is 4.89. The lowest BCUT2D eigenvalue weighted by Crippen LogP contribution is -2.03. The van der Waals surface area contributed by atoms with Gasteiger partial charge in [-0.3, -0.25) is 5.10 Å². The van der Waals surface area contributed by atoms with Gasteiger partial charge in [0.25, 0.3) is 0 Å². The number of fused-ring (bicyclic) bond motifs is 1. The van der Waals surface area contributed by atoms with Gasteiger partial charge in [0.2, 0.25) is 0 Å². The Labute approximate surface area is 118 Å². The minimum atomic E-state index is 0.578. The number of rotatable bonds is 3. The van der Waals surface area contributed by atoms with E-state index in [-0.39, 0.29) is 0 Å². The predicted octanol–water partition coefficient (Wildman–Crippen LogP) is 2.91. The number of H-pyrrole nitrogens is 1. The standard InChI is InChI=1S/C13H12BrN5/c14-11-3-1-2-10-9(11)4-5-16-13(10)17-6-8-7-18-19-12(8)15/h1-5,7H,6H2,(H,16,17)(H3,15,18,19). The van der Waals surface area contributed by atoms with E-state index in [0.29, 0.717) is 12.4 Å². The Morgan fingerprint density at radius 2 is 2.16 bits per heavy atom. The molecule has 0 saturated carbocycles. The quantitative estimate of drug-likeness (QED) is 0.694. The number of nitrogens with two attached hydrogens (primary N) is 1. The Bertz CT molecular complexity index is 722. The summed E-state index contributed by atoms with van der Waals surface area (Å²) in [5.74, 6) is 1.41. The average molecular weight is 318 g/mol. The van der Waals surface area contributed by atoms with E-state index in [0.717, 1.165) is 26.6 Å². The molecule has 0 fully saturated rings. The van der Waals surface area contributed by atoms with E-state index in [1.165, 1.54) is 0 Å². The van der Waals surface area contributed by atoms with Crippen LogP contribution in [0, 0.1) is 0 Å². The van der Waals surface area contributed by atoms with Crippen LogP contribution in [0.15, 0.2) is 41.1 Å². The van der Waals surface area contributed by atoms with Crippen LogP contribution in [0.1, 0.15) is 5.56 Å². The van der Waals surface area contributed by atoms with Crippen LogP contribution >= 0.6 is 15.9 Å². The molecule has 6 heteroatoms. The van der Waals surface area contributed by atoms with Crippen molar-refractivity contribution in [3.05, 3.63) is 46.7 Å². The van der Waals surface area contributed by atoms with Gasteiger partial charge in [0.15, 0.2) is 0 Å². The first-order valence-corrected chi connectivity index (χ1v) is 6.60. The molecular weight excluding hydrogens is 306 g/mol. The van der Waals surface area contributed by atoms with Gasteiger partial charge in [-0.15, -0.1) is 0 Å². The van der Waals surface area contributed by atoms with Gasteiger partial charge in [-0.05, 0) is 12.1 Å². The van der Waals surface area contributed by atoms with E-state index in [2.05, 4.69) is 36.4 Å². The first-order valence-electron chi connectivity index (χ1n) is 5.80. The summed E-state index contributed by atoms with van der Waals surface area (Å²) in [6.07, 6.45) is 3.50. The maximum absolute atomic E-state index is 5.76. The molecule has 0 aliphatic rings. The zero-order valence-electron chi connectivity index (χ0n) is 10.0. The summed E-state index contributed by atoms with van der Waals surface area (Å²) in [7, 11) is 0. The van der Waals surface area contributed by atoms with Crippen LogP contribution in [0.25, 0.3) is 10.8 Å². The zero-order valence-corrected chi connectivity index (χ0v) is 11.6. The normalized spacial score (nSPS) is 10.8. The molecule has 0 spiro atoms. The average Bonchev–Trinajstić information content (AvgIpc) is 2.82. The lowest BCUT2D eigenvalue weighted by molar-refractivity contribution is 1.10. The van der Waals surface area contributed by atoms with Crippen molar-refractivity contribution < 1.29 is 0 Å². The van der Waals surface area contributed by atoms with Crippen molar-refractivity contribution in [3.63, 3.8) is 0 Å². The predicted molar refractivity (Wildman–Crippen MR) is 79.8 cm³/mol. The molecule has 0 saturated heterocycles. The zero-order chi connectivity index (χ0) is 13.2. The van der Waals surface area contributed by atoms with Gasteiger partial charge in [-0.25, -0.2) is 4.98 Å². The number of nitrogens with zero attached hydrogens (tertiary/aromatic N) is 2. The fraction of sp³-hybridized carbons (Fsp3) is 0.0769. The van der Waals surface area contributed by atoms with Crippen LogP contribution in [-0.4, -0.2) is 15.2 Å². The molecule has 5 nitrogen and oxygen atoms in total. The number of aromatic nitrogens is 3. The van der Waals surface area contributed by atoms with E-state index in [4.69, 9.17) is 5.73 Å². The smallest absolute Gasteiger partial charge is 0.134 e. The van der Waals surface area contributed by atoms with Gasteiger partial charge in [-0.1, -0.05) is 28.1 Å². The van der Waals surface area contributed by atoms with Crippen molar-refractivity contribution in [1.82, 2.24) is 15.2 Å². The minimum Gasteiger partial charge on any atom is -0.384 e. The number of nitrogens with one attached hydrogen (secondary N) is 2. The third-order valence-electron chi connectivity index (χ3n) is 2.95. The van der Waals surface area contributed by atoms with Crippen LogP contribution < -0.4 is 11.1 Å². The number of hydrogen-bond acceptors (Lipinski definition) is 4. The number of nitrogen functional groups attached to an aromatic ring is 1. The molecule has 0 aliphatic heterocycles. The summed E-state index contributed by atoms with van der Waals surface area (Å²) in [4.78, 5) is 4.37. The number of anilines is 2. The van der Waals surface area contributed by atoms with Crippen molar-refractivity contribution in [1.29, 1.82) is 0 Å². The SMILES string of the molecule is Nc1[nH]ncc1CNc1nccc2c(Br)cccc12. The molecular formula is C13H12BrN5. The van der Waals surface area contributed by atoms with Crippen molar-refractivity contribution in [2.75, 3.05) is 11.1 Å². The van der Waals surface area contributed by atoms with Gasteiger partial charge in [0.1, 0.15) is 11.6 Å². The topological polar surface area (TPSA) is 79.6 Å². The summed E-state index contributed by atoms with van der Waals surface area (Å²) >= 11 is 3.54. The van der Waals surface area contributed by atoms with E-state index >= 15 is 0 Å². The summed E-state index contributed by atoms with van der Waals surface area (Å²) < 4.78 is 1.05. The molecule has 0 atom stereocenters. The van der Waals surface area contributed by atoms with Gasteiger partial charge < -0.3 is 11.1 Å². The molecule has 96 valence electrons. The second-order valence-electron chi connectivity index (χ2n) is 4.16. The summed E-state index contributed by atoms with van der Waals surface area (Å²) in [5.41, 5.74) is 6.68. The number of benzene rings is 1. The van der Waals surface area contributed by atoms with Crippen molar-refractivity contribution in [3.8, 4) is 0 Å². The van der Waals surface area contributed by atoms with Crippen LogP contribution in [-0.2, 0) is 6.54 Å². The highest BCUT2D eigenvalue weighted by Crippen LogP contribution is 2.27. The van der Waals surface area contributed by atoms with Crippen LogP contribution in [0.5, 0.6) is 0 Å². The first-order chi connectivity index (χ1) is 9.25. The molecule has 0 aliphatic carbocycles. The third-order valence-corrected chi connectivity index (χ3v) is 3.64. The molecule has 3 rings (SSSR count). The van der Waals surface area contributed by atoms with Gasteiger partial charge in [0, 0.05) is 33.6 Å². The minimum absolute atomic E-state index is 0.578. The molecule has 0 amide bonds. The number of hydrogen-bond donors (Lipinski definition) is 3. The van der Waals surface area contributed by atoms with Crippen LogP contribution in [0.3, 0.4) is 0 Å². The van der Waals surface area contributed by atoms with E-state index < -0.39 is 0 Å². The Hall–Kier alpha value is -2.08.